The minimum Gasteiger partial charge on any atom is -0.496 e. The predicted molar refractivity (Wildman–Crippen MR) is 110 cm³/mol. The molecule has 2 aromatic carbocycles. The van der Waals surface area contributed by atoms with Crippen molar-refractivity contribution in [3.8, 4) is 5.75 Å². The summed E-state index contributed by atoms with van der Waals surface area (Å²) >= 11 is 6.03. The van der Waals surface area contributed by atoms with Gasteiger partial charge in [0, 0.05) is 51.0 Å². The average Bonchev–Trinajstić information content (AvgIpc) is 2.70. The highest BCUT2D eigenvalue weighted by Crippen LogP contribution is 2.28. The van der Waals surface area contributed by atoms with E-state index in [4.69, 9.17) is 22.1 Å². The number of para-hydroxylation sites is 1. The number of nitrogens with one attached hydrogen (secondary N) is 1. The van der Waals surface area contributed by atoms with Crippen LogP contribution in [0.1, 0.15) is 10.4 Å². The largest absolute Gasteiger partial charge is 0.496 e. The Morgan fingerprint density at radius 3 is 2.56 bits per heavy atom. The van der Waals surface area contributed by atoms with Gasteiger partial charge in [0.15, 0.2) is 0 Å². The average molecular weight is 389 g/mol. The summed E-state index contributed by atoms with van der Waals surface area (Å²) in [5.74, 6) is 0.211. The van der Waals surface area contributed by atoms with Crippen molar-refractivity contribution in [1.29, 1.82) is 0 Å². The zero-order valence-corrected chi connectivity index (χ0v) is 16.2. The van der Waals surface area contributed by atoms with Crippen molar-refractivity contribution in [2.24, 2.45) is 0 Å². The molecule has 1 amide bonds. The fraction of sp³-hybridized carbons (Fsp3) is 0.350. The smallest absolute Gasteiger partial charge is 0.255 e. The third-order valence-corrected chi connectivity index (χ3v) is 5.10. The number of nitrogen functional groups attached to an aromatic ring is 1. The van der Waals surface area contributed by atoms with Gasteiger partial charge in [0.05, 0.1) is 23.4 Å². The number of ether oxygens (including phenoxy) is 1. The van der Waals surface area contributed by atoms with Crippen molar-refractivity contribution in [2.75, 3.05) is 57.0 Å². The summed E-state index contributed by atoms with van der Waals surface area (Å²) in [4.78, 5) is 17.2. The molecule has 2 aromatic rings. The van der Waals surface area contributed by atoms with E-state index in [0.29, 0.717) is 28.6 Å². The molecule has 0 saturated carbocycles. The van der Waals surface area contributed by atoms with Crippen LogP contribution in [0.25, 0.3) is 0 Å². The number of amides is 1. The van der Waals surface area contributed by atoms with E-state index < -0.39 is 0 Å². The van der Waals surface area contributed by atoms with Crippen molar-refractivity contribution < 1.29 is 9.53 Å². The van der Waals surface area contributed by atoms with E-state index in [9.17, 15) is 4.79 Å². The Kier molecular flexibility index (Phi) is 6.42. The first-order chi connectivity index (χ1) is 13.1. The molecule has 0 aromatic heterocycles. The number of methoxy groups -OCH3 is 1. The topological polar surface area (TPSA) is 70.8 Å². The van der Waals surface area contributed by atoms with Crippen LogP contribution in [0.5, 0.6) is 5.75 Å². The minimum absolute atomic E-state index is 0.211. The number of hydrogen-bond acceptors (Lipinski definition) is 5. The molecule has 0 radical (unpaired) electrons. The summed E-state index contributed by atoms with van der Waals surface area (Å²) in [6, 6.07) is 13.6. The Balaban J connectivity index is 1.47. The zero-order chi connectivity index (χ0) is 19.2. The second kappa shape index (κ2) is 8.97. The molecule has 6 nitrogen and oxygen atoms in total. The van der Waals surface area contributed by atoms with Crippen LogP contribution in [0.15, 0.2) is 42.5 Å². The van der Waals surface area contributed by atoms with E-state index in [1.54, 1.807) is 12.1 Å². The molecule has 3 rings (SSSR count). The summed E-state index contributed by atoms with van der Waals surface area (Å²) in [6.07, 6.45) is 0. The molecule has 144 valence electrons. The van der Waals surface area contributed by atoms with Crippen LogP contribution in [0.2, 0.25) is 5.02 Å². The molecule has 0 aliphatic carbocycles. The number of benzene rings is 2. The van der Waals surface area contributed by atoms with Gasteiger partial charge < -0.3 is 20.7 Å². The molecule has 27 heavy (non-hydrogen) atoms. The van der Waals surface area contributed by atoms with Crippen molar-refractivity contribution in [1.82, 2.24) is 10.2 Å². The Bertz CT molecular complexity index is 777. The molecule has 0 atom stereocenters. The molecule has 0 bridgehead atoms. The van der Waals surface area contributed by atoms with Crippen LogP contribution < -0.4 is 20.7 Å². The number of nitrogens with two attached hydrogens (primary N) is 1. The van der Waals surface area contributed by atoms with E-state index in [1.165, 1.54) is 12.8 Å². The fourth-order valence-electron chi connectivity index (χ4n) is 3.21. The van der Waals surface area contributed by atoms with Crippen molar-refractivity contribution in [3.05, 3.63) is 53.1 Å². The molecular formula is C20H25ClN4O2. The molecule has 1 fully saturated rings. The highest BCUT2D eigenvalue weighted by Gasteiger charge is 2.18. The van der Waals surface area contributed by atoms with Crippen molar-refractivity contribution in [3.63, 3.8) is 0 Å². The molecule has 1 aliphatic heterocycles. The summed E-state index contributed by atoms with van der Waals surface area (Å²) in [7, 11) is 1.51. The first-order valence-corrected chi connectivity index (χ1v) is 9.40. The van der Waals surface area contributed by atoms with Crippen LogP contribution in [0.4, 0.5) is 11.4 Å². The van der Waals surface area contributed by atoms with E-state index in [0.717, 1.165) is 32.7 Å². The number of nitrogens with zero attached hydrogens (tertiary/aromatic N) is 2. The molecule has 1 aliphatic rings. The van der Waals surface area contributed by atoms with E-state index in [1.807, 2.05) is 6.07 Å². The number of hydrogen-bond donors (Lipinski definition) is 2. The normalized spacial score (nSPS) is 14.8. The maximum Gasteiger partial charge on any atom is 0.255 e. The van der Waals surface area contributed by atoms with Gasteiger partial charge >= 0.3 is 0 Å². The number of carbonyl (C=O) groups is 1. The van der Waals surface area contributed by atoms with Gasteiger partial charge in [0.2, 0.25) is 0 Å². The Hall–Kier alpha value is -2.44. The van der Waals surface area contributed by atoms with Crippen molar-refractivity contribution in [2.45, 2.75) is 0 Å². The Labute approximate surface area is 164 Å². The summed E-state index contributed by atoms with van der Waals surface area (Å²) < 4.78 is 5.24. The van der Waals surface area contributed by atoms with Gasteiger partial charge in [-0.2, -0.15) is 0 Å². The van der Waals surface area contributed by atoms with Crippen LogP contribution in [-0.4, -0.2) is 57.2 Å². The van der Waals surface area contributed by atoms with E-state index in [2.05, 4.69) is 39.4 Å². The van der Waals surface area contributed by atoms with Gasteiger partial charge in [-0.25, -0.2) is 0 Å². The number of carbonyl (C=O) groups excluding carboxylic acids is 1. The summed E-state index contributed by atoms with van der Waals surface area (Å²) in [5.41, 5.74) is 7.81. The van der Waals surface area contributed by atoms with Crippen LogP contribution in [0, 0.1) is 0 Å². The second-order valence-electron chi connectivity index (χ2n) is 6.49. The third-order valence-electron chi connectivity index (χ3n) is 4.77. The van der Waals surface area contributed by atoms with E-state index >= 15 is 0 Å². The monoisotopic (exact) mass is 388 g/mol. The van der Waals surface area contributed by atoms with Gasteiger partial charge in [-0.05, 0) is 18.2 Å². The number of rotatable bonds is 6. The SMILES string of the molecule is COc1cc(N)c(Cl)cc1C(=O)NCCN1CCN(c2ccccc2)CC1. The van der Waals surface area contributed by atoms with E-state index in [-0.39, 0.29) is 5.91 Å². The van der Waals surface area contributed by atoms with Crippen LogP contribution in [-0.2, 0) is 0 Å². The minimum atomic E-state index is -0.211. The highest BCUT2D eigenvalue weighted by atomic mass is 35.5. The maximum atomic E-state index is 12.4. The molecule has 7 heteroatoms. The number of anilines is 2. The lowest BCUT2D eigenvalue weighted by atomic mass is 10.1. The van der Waals surface area contributed by atoms with Crippen molar-refractivity contribution >= 4 is 28.9 Å². The number of halogens is 1. The second-order valence-corrected chi connectivity index (χ2v) is 6.90. The highest BCUT2D eigenvalue weighted by molar-refractivity contribution is 6.33. The molecule has 0 unspecified atom stereocenters. The molecule has 1 heterocycles. The zero-order valence-electron chi connectivity index (χ0n) is 15.5. The summed E-state index contributed by atoms with van der Waals surface area (Å²) in [6.45, 7) is 5.29. The molecule has 1 saturated heterocycles. The first-order valence-electron chi connectivity index (χ1n) is 9.02. The molecule has 0 spiro atoms. The maximum absolute atomic E-state index is 12.4. The van der Waals surface area contributed by atoms with Crippen LogP contribution in [0.3, 0.4) is 0 Å². The fourth-order valence-corrected chi connectivity index (χ4v) is 3.37. The lowest BCUT2D eigenvalue weighted by Crippen LogP contribution is -2.48. The lowest BCUT2D eigenvalue weighted by molar-refractivity contribution is 0.0945. The first kappa shape index (κ1) is 19.3. The lowest BCUT2D eigenvalue weighted by Gasteiger charge is -2.36. The Morgan fingerprint density at radius 2 is 1.89 bits per heavy atom. The molecule has 3 N–H and O–H groups in total. The van der Waals surface area contributed by atoms with Gasteiger partial charge in [0.25, 0.3) is 5.91 Å². The van der Waals surface area contributed by atoms with Gasteiger partial charge in [-0.1, -0.05) is 29.8 Å². The predicted octanol–water partition coefficient (Wildman–Crippen LogP) is 2.48. The van der Waals surface area contributed by atoms with Crippen LogP contribution >= 0.6 is 11.6 Å². The standard InChI is InChI=1S/C20H25ClN4O2/c1-27-19-14-18(22)17(21)13-16(19)20(26)23-7-8-24-9-11-25(12-10-24)15-5-3-2-4-6-15/h2-6,13-14H,7-12,22H2,1H3,(H,23,26). The number of piperazine rings is 1. The quantitative estimate of drug-likeness (QED) is 0.744. The van der Waals surface area contributed by atoms with Gasteiger partial charge in [-0.15, -0.1) is 0 Å². The third kappa shape index (κ3) is 4.84. The van der Waals surface area contributed by atoms with Gasteiger partial charge in [-0.3, -0.25) is 9.69 Å². The molecular weight excluding hydrogens is 364 g/mol. The van der Waals surface area contributed by atoms with Gasteiger partial charge in [0.1, 0.15) is 5.75 Å². The summed E-state index contributed by atoms with van der Waals surface area (Å²) in [5, 5.41) is 3.28. The Morgan fingerprint density at radius 1 is 1.19 bits per heavy atom.